The number of urea groups is 1. The Morgan fingerprint density at radius 1 is 1.19 bits per heavy atom. The third kappa shape index (κ3) is 3.04. The SMILES string of the molecule is CC1(c2ccc(F)c(F)c2)NC(=O)N(CC(O)c2ccccc2Cl)C1=O. The van der Waals surface area contributed by atoms with Crippen LogP contribution in [0, 0.1) is 11.6 Å². The molecule has 0 aromatic heterocycles. The van der Waals surface area contributed by atoms with Crippen molar-refractivity contribution in [1.29, 1.82) is 0 Å². The summed E-state index contributed by atoms with van der Waals surface area (Å²) in [7, 11) is 0. The summed E-state index contributed by atoms with van der Waals surface area (Å²) in [6.07, 6.45) is -1.19. The zero-order chi connectivity index (χ0) is 19.1. The fourth-order valence-corrected chi connectivity index (χ4v) is 3.14. The topological polar surface area (TPSA) is 69.6 Å². The predicted molar refractivity (Wildman–Crippen MR) is 90.4 cm³/mol. The van der Waals surface area contributed by atoms with E-state index in [4.69, 9.17) is 11.6 Å². The second-order valence-corrected chi connectivity index (χ2v) is 6.54. The van der Waals surface area contributed by atoms with Gasteiger partial charge in [0.25, 0.3) is 5.91 Å². The third-order valence-electron chi connectivity index (χ3n) is 4.39. The molecule has 3 rings (SSSR count). The molecule has 136 valence electrons. The minimum Gasteiger partial charge on any atom is -0.386 e. The van der Waals surface area contributed by atoms with Crippen molar-refractivity contribution in [2.45, 2.75) is 18.6 Å². The molecule has 2 aromatic rings. The Bertz CT molecular complexity index is 892. The molecule has 2 unspecified atom stereocenters. The minimum atomic E-state index is -1.56. The quantitative estimate of drug-likeness (QED) is 0.801. The predicted octanol–water partition coefficient (Wildman–Crippen LogP) is 3.12. The van der Waals surface area contributed by atoms with E-state index in [9.17, 15) is 23.5 Å². The lowest BCUT2D eigenvalue weighted by Gasteiger charge is -2.23. The molecule has 1 saturated heterocycles. The lowest BCUT2D eigenvalue weighted by Crippen LogP contribution is -2.41. The molecule has 0 aliphatic carbocycles. The Morgan fingerprint density at radius 3 is 2.54 bits per heavy atom. The highest BCUT2D eigenvalue weighted by molar-refractivity contribution is 6.31. The molecule has 2 atom stereocenters. The maximum Gasteiger partial charge on any atom is 0.325 e. The Labute approximate surface area is 153 Å². The van der Waals surface area contributed by atoms with Crippen LogP contribution in [0.25, 0.3) is 0 Å². The first-order chi connectivity index (χ1) is 12.2. The van der Waals surface area contributed by atoms with E-state index in [0.29, 0.717) is 10.6 Å². The molecular formula is C18H15ClF2N2O3. The highest BCUT2D eigenvalue weighted by Gasteiger charge is 2.49. The number of amides is 3. The summed E-state index contributed by atoms with van der Waals surface area (Å²) >= 11 is 6.02. The molecule has 0 bridgehead atoms. The highest BCUT2D eigenvalue weighted by atomic mass is 35.5. The van der Waals surface area contributed by atoms with Gasteiger partial charge in [0.05, 0.1) is 12.6 Å². The second-order valence-electron chi connectivity index (χ2n) is 6.14. The number of nitrogens with zero attached hydrogens (tertiary/aromatic N) is 1. The Balaban J connectivity index is 1.87. The Morgan fingerprint density at radius 2 is 1.88 bits per heavy atom. The van der Waals surface area contributed by atoms with E-state index in [2.05, 4.69) is 5.32 Å². The Hall–Kier alpha value is -2.51. The number of benzene rings is 2. The zero-order valence-corrected chi connectivity index (χ0v) is 14.4. The molecule has 1 heterocycles. The van der Waals surface area contributed by atoms with E-state index in [-0.39, 0.29) is 12.1 Å². The smallest absolute Gasteiger partial charge is 0.325 e. The summed E-state index contributed by atoms with van der Waals surface area (Å²) in [5.74, 6) is -2.86. The summed E-state index contributed by atoms with van der Waals surface area (Å²) in [6, 6.07) is 8.75. The average Bonchev–Trinajstić information content (AvgIpc) is 2.81. The van der Waals surface area contributed by atoms with Crippen molar-refractivity contribution in [1.82, 2.24) is 10.2 Å². The number of nitrogens with one attached hydrogen (secondary N) is 1. The summed E-state index contributed by atoms with van der Waals surface area (Å²) in [6.45, 7) is 1.06. The average molecular weight is 381 g/mol. The van der Waals surface area contributed by atoms with Crippen molar-refractivity contribution in [2.75, 3.05) is 6.54 Å². The van der Waals surface area contributed by atoms with Gasteiger partial charge in [-0.05, 0) is 30.7 Å². The van der Waals surface area contributed by atoms with E-state index < -0.39 is 35.2 Å². The van der Waals surface area contributed by atoms with Crippen LogP contribution in [0.2, 0.25) is 5.02 Å². The molecule has 8 heteroatoms. The number of rotatable bonds is 4. The van der Waals surface area contributed by atoms with Gasteiger partial charge in [0.2, 0.25) is 0 Å². The van der Waals surface area contributed by atoms with E-state index in [1.165, 1.54) is 13.0 Å². The monoisotopic (exact) mass is 380 g/mol. The zero-order valence-electron chi connectivity index (χ0n) is 13.7. The summed E-state index contributed by atoms with van der Waals surface area (Å²) in [5, 5.41) is 13.1. The molecule has 26 heavy (non-hydrogen) atoms. The van der Waals surface area contributed by atoms with E-state index in [1.54, 1.807) is 24.3 Å². The van der Waals surface area contributed by atoms with Gasteiger partial charge >= 0.3 is 6.03 Å². The normalized spacial score (nSPS) is 21.0. The first-order valence-corrected chi connectivity index (χ1v) is 8.14. The number of aliphatic hydroxyl groups is 1. The van der Waals surface area contributed by atoms with Gasteiger partial charge in [-0.15, -0.1) is 0 Å². The number of halogens is 3. The molecule has 0 radical (unpaired) electrons. The highest BCUT2D eigenvalue weighted by Crippen LogP contribution is 2.32. The molecule has 1 aliphatic heterocycles. The van der Waals surface area contributed by atoms with Gasteiger partial charge in [-0.1, -0.05) is 35.9 Å². The maximum atomic E-state index is 13.5. The van der Waals surface area contributed by atoms with Gasteiger partial charge in [0.15, 0.2) is 11.6 Å². The van der Waals surface area contributed by atoms with Crippen LogP contribution in [-0.2, 0) is 10.3 Å². The third-order valence-corrected chi connectivity index (χ3v) is 4.74. The number of β-amino-alcohol motifs (C(OH)–C–C–N with tert-alkyl or cyclic N) is 1. The van der Waals surface area contributed by atoms with Crippen molar-refractivity contribution < 1.29 is 23.5 Å². The fourth-order valence-electron chi connectivity index (χ4n) is 2.88. The van der Waals surface area contributed by atoms with Gasteiger partial charge in [0, 0.05) is 10.6 Å². The molecule has 3 amide bonds. The van der Waals surface area contributed by atoms with E-state index in [0.717, 1.165) is 17.0 Å². The number of hydrogen-bond donors (Lipinski definition) is 2. The first-order valence-electron chi connectivity index (χ1n) is 7.76. The lowest BCUT2D eigenvalue weighted by atomic mass is 9.92. The Kier molecular flexibility index (Phi) is 4.68. The van der Waals surface area contributed by atoms with Crippen LogP contribution >= 0.6 is 11.6 Å². The van der Waals surface area contributed by atoms with E-state index in [1.807, 2.05) is 0 Å². The van der Waals surface area contributed by atoms with Gasteiger partial charge in [-0.25, -0.2) is 13.6 Å². The van der Waals surface area contributed by atoms with Gasteiger partial charge in [0.1, 0.15) is 5.54 Å². The van der Waals surface area contributed by atoms with Crippen molar-refractivity contribution >= 4 is 23.5 Å². The maximum absolute atomic E-state index is 13.5. The summed E-state index contributed by atoms with van der Waals surface area (Å²) in [5.41, 5.74) is -1.09. The van der Waals surface area contributed by atoms with Crippen LogP contribution in [0.3, 0.4) is 0 Å². The number of carbonyl (C=O) groups is 2. The standard InChI is InChI=1S/C18H15ClF2N2O3/c1-18(10-6-7-13(20)14(21)8-10)16(25)23(17(26)22-18)9-15(24)11-4-2-3-5-12(11)19/h2-8,15,24H,9H2,1H3,(H,22,26). The molecular weight excluding hydrogens is 366 g/mol. The fraction of sp³-hybridized carbons (Fsp3) is 0.222. The number of carbonyl (C=O) groups excluding carboxylic acids is 2. The molecule has 2 aromatic carbocycles. The lowest BCUT2D eigenvalue weighted by molar-refractivity contribution is -0.132. The molecule has 0 spiro atoms. The number of imide groups is 1. The summed E-state index contributed by atoms with van der Waals surface area (Å²) in [4.78, 5) is 25.9. The molecule has 1 fully saturated rings. The van der Waals surface area contributed by atoms with E-state index >= 15 is 0 Å². The molecule has 0 saturated carbocycles. The van der Waals surface area contributed by atoms with Crippen LogP contribution in [0.5, 0.6) is 0 Å². The van der Waals surface area contributed by atoms with Crippen molar-refractivity contribution in [3.8, 4) is 0 Å². The molecule has 2 N–H and O–H groups in total. The van der Waals surface area contributed by atoms with Gasteiger partial charge in [-0.3, -0.25) is 9.69 Å². The second kappa shape index (κ2) is 6.66. The van der Waals surface area contributed by atoms with Crippen LogP contribution in [0.4, 0.5) is 13.6 Å². The number of aliphatic hydroxyl groups excluding tert-OH is 1. The van der Waals surface area contributed by atoms with Crippen LogP contribution in [0.15, 0.2) is 42.5 Å². The van der Waals surface area contributed by atoms with Crippen molar-refractivity contribution in [2.24, 2.45) is 0 Å². The van der Waals surface area contributed by atoms with Crippen LogP contribution < -0.4 is 5.32 Å². The summed E-state index contributed by atoms with van der Waals surface area (Å²) < 4.78 is 26.7. The van der Waals surface area contributed by atoms with Crippen molar-refractivity contribution in [3.63, 3.8) is 0 Å². The molecule has 5 nitrogen and oxygen atoms in total. The first kappa shape index (κ1) is 18.3. The van der Waals surface area contributed by atoms with Gasteiger partial charge in [-0.2, -0.15) is 0 Å². The minimum absolute atomic E-state index is 0.101. The van der Waals surface area contributed by atoms with Crippen LogP contribution in [0.1, 0.15) is 24.2 Å². The van der Waals surface area contributed by atoms with Crippen LogP contribution in [-0.4, -0.2) is 28.5 Å². The van der Waals surface area contributed by atoms with Gasteiger partial charge < -0.3 is 10.4 Å². The number of hydrogen-bond acceptors (Lipinski definition) is 3. The molecule has 1 aliphatic rings. The van der Waals surface area contributed by atoms with Crippen molar-refractivity contribution in [3.05, 3.63) is 70.2 Å². The largest absolute Gasteiger partial charge is 0.386 e.